The summed E-state index contributed by atoms with van der Waals surface area (Å²) in [6.45, 7) is 3.43. The maximum absolute atomic E-state index is 8.94. The van der Waals surface area contributed by atoms with Crippen LogP contribution in [0.15, 0.2) is 24.3 Å². The van der Waals surface area contributed by atoms with Gasteiger partial charge in [0.1, 0.15) is 0 Å². The van der Waals surface area contributed by atoms with Gasteiger partial charge < -0.3 is 9.84 Å². The van der Waals surface area contributed by atoms with Crippen LogP contribution in [-0.2, 0) is 11.2 Å². The van der Waals surface area contributed by atoms with Gasteiger partial charge in [0.25, 0.3) is 0 Å². The van der Waals surface area contributed by atoms with Gasteiger partial charge in [-0.05, 0) is 11.6 Å². The van der Waals surface area contributed by atoms with Crippen LogP contribution < -0.4 is 0 Å². The van der Waals surface area contributed by atoms with Crippen LogP contribution >= 0.6 is 11.6 Å². The number of aliphatic hydroxyl groups excluding tert-OH is 1. The van der Waals surface area contributed by atoms with Crippen LogP contribution in [0.4, 0.5) is 0 Å². The van der Waals surface area contributed by atoms with Gasteiger partial charge in [-0.1, -0.05) is 29.8 Å². The summed E-state index contributed by atoms with van der Waals surface area (Å²) in [5, 5.41) is 9.74. The van der Waals surface area contributed by atoms with Crippen LogP contribution in [0, 0.1) is 0 Å². The molecule has 1 aliphatic heterocycles. The molecule has 1 unspecified atom stereocenters. The lowest BCUT2D eigenvalue weighted by Crippen LogP contribution is -2.44. The third-order valence-corrected chi connectivity index (χ3v) is 3.41. The van der Waals surface area contributed by atoms with Crippen molar-refractivity contribution in [3.8, 4) is 0 Å². The van der Waals surface area contributed by atoms with Crippen LogP contribution in [-0.4, -0.2) is 49.0 Å². The maximum atomic E-state index is 8.94. The molecular formula is C13H18ClNO2. The van der Waals surface area contributed by atoms with Crippen molar-refractivity contribution in [3.63, 3.8) is 0 Å². The number of ether oxygens (including phenoxy) is 1. The van der Waals surface area contributed by atoms with Crippen molar-refractivity contribution < 1.29 is 9.84 Å². The summed E-state index contributed by atoms with van der Waals surface area (Å²) in [5.74, 6) is 0. The fourth-order valence-electron chi connectivity index (χ4n) is 2.16. The van der Waals surface area contributed by atoms with Gasteiger partial charge in [-0.25, -0.2) is 0 Å². The molecule has 1 saturated heterocycles. The molecule has 0 radical (unpaired) electrons. The predicted molar refractivity (Wildman–Crippen MR) is 68.4 cm³/mol. The van der Waals surface area contributed by atoms with Crippen molar-refractivity contribution in [1.29, 1.82) is 0 Å². The number of β-amino-alcohol motifs (C(OH)–C–C–N with tert-alkyl or cyclic N) is 1. The lowest BCUT2D eigenvalue weighted by molar-refractivity contribution is -0.0313. The van der Waals surface area contributed by atoms with E-state index < -0.39 is 0 Å². The van der Waals surface area contributed by atoms with Crippen molar-refractivity contribution >= 4 is 11.6 Å². The Kier molecular flexibility index (Phi) is 4.80. The highest BCUT2D eigenvalue weighted by Crippen LogP contribution is 2.19. The smallest absolute Gasteiger partial charge is 0.0743 e. The molecule has 0 amide bonds. The zero-order chi connectivity index (χ0) is 12.1. The average Bonchev–Trinajstić information content (AvgIpc) is 2.33. The van der Waals surface area contributed by atoms with Crippen molar-refractivity contribution in [2.45, 2.75) is 12.5 Å². The van der Waals surface area contributed by atoms with Gasteiger partial charge in [0.05, 0.1) is 19.3 Å². The Morgan fingerprint density at radius 3 is 3.00 bits per heavy atom. The number of rotatable bonds is 4. The molecule has 1 aromatic carbocycles. The van der Waals surface area contributed by atoms with Crippen LogP contribution in [0.25, 0.3) is 0 Å². The Bertz CT molecular complexity index is 357. The van der Waals surface area contributed by atoms with Crippen LogP contribution in [0.5, 0.6) is 0 Å². The molecule has 1 N–H and O–H groups in total. The third kappa shape index (κ3) is 3.68. The van der Waals surface area contributed by atoms with E-state index in [0.29, 0.717) is 0 Å². The molecule has 17 heavy (non-hydrogen) atoms. The van der Waals surface area contributed by atoms with Gasteiger partial charge in [0.15, 0.2) is 0 Å². The highest BCUT2D eigenvalue weighted by Gasteiger charge is 2.20. The van der Waals surface area contributed by atoms with Gasteiger partial charge in [-0.15, -0.1) is 0 Å². The Hall–Kier alpha value is -0.610. The van der Waals surface area contributed by atoms with E-state index in [0.717, 1.165) is 43.2 Å². The molecule has 1 heterocycles. The third-order valence-electron chi connectivity index (χ3n) is 3.04. The van der Waals surface area contributed by atoms with Gasteiger partial charge in [-0.2, -0.15) is 0 Å². The molecule has 1 fully saturated rings. The Morgan fingerprint density at radius 2 is 2.24 bits per heavy atom. The van der Waals surface area contributed by atoms with Crippen molar-refractivity contribution in [3.05, 3.63) is 34.9 Å². The largest absolute Gasteiger partial charge is 0.395 e. The van der Waals surface area contributed by atoms with Gasteiger partial charge >= 0.3 is 0 Å². The molecule has 1 atom stereocenters. The lowest BCUT2D eigenvalue weighted by Gasteiger charge is -2.32. The number of hydrogen-bond donors (Lipinski definition) is 1. The SMILES string of the molecule is OCCN1CCOC(Cc2ccccc2Cl)C1. The Morgan fingerprint density at radius 1 is 1.41 bits per heavy atom. The first kappa shape index (κ1) is 12.8. The minimum absolute atomic E-state index is 0.176. The second-order valence-corrected chi connectivity index (χ2v) is 4.72. The van der Waals surface area contributed by atoms with E-state index in [4.69, 9.17) is 21.4 Å². The summed E-state index contributed by atoms with van der Waals surface area (Å²) in [7, 11) is 0. The molecule has 1 aliphatic rings. The normalized spacial score (nSPS) is 21.6. The Balaban J connectivity index is 1.92. The second-order valence-electron chi connectivity index (χ2n) is 4.31. The van der Waals surface area contributed by atoms with E-state index in [1.165, 1.54) is 0 Å². The van der Waals surface area contributed by atoms with Gasteiger partial charge in [0, 0.05) is 31.1 Å². The fraction of sp³-hybridized carbons (Fsp3) is 0.538. The molecule has 2 rings (SSSR count). The quantitative estimate of drug-likeness (QED) is 0.887. The molecular weight excluding hydrogens is 238 g/mol. The number of nitrogens with zero attached hydrogens (tertiary/aromatic N) is 1. The van der Waals surface area contributed by atoms with Gasteiger partial charge in [0.2, 0.25) is 0 Å². The molecule has 0 aromatic heterocycles. The summed E-state index contributed by atoms with van der Waals surface area (Å²) in [5.41, 5.74) is 1.13. The number of aliphatic hydroxyl groups is 1. The molecule has 1 aromatic rings. The van der Waals surface area contributed by atoms with E-state index in [1.807, 2.05) is 24.3 Å². The second kappa shape index (κ2) is 6.36. The summed E-state index contributed by atoms with van der Waals surface area (Å²) >= 11 is 6.13. The molecule has 3 nitrogen and oxygen atoms in total. The molecule has 0 aliphatic carbocycles. The van der Waals surface area contributed by atoms with E-state index in [9.17, 15) is 0 Å². The number of morpholine rings is 1. The highest BCUT2D eigenvalue weighted by molar-refractivity contribution is 6.31. The van der Waals surface area contributed by atoms with Crippen LogP contribution in [0.2, 0.25) is 5.02 Å². The summed E-state index contributed by atoms with van der Waals surface area (Å²) in [6, 6.07) is 7.88. The average molecular weight is 256 g/mol. The topological polar surface area (TPSA) is 32.7 Å². The van der Waals surface area contributed by atoms with Crippen LogP contribution in [0.3, 0.4) is 0 Å². The molecule has 0 saturated carbocycles. The lowest BCUT2D eigenvalue weighted by atomic mass is 10.1. The van der Waals surface area contributed by atoms with Crippen molar-refractivity contribution in [2.24, 2.45) is 0 Å². The van der Waals surface area contributed by atoms with Crippen molar-refractivity contribution in [2.75, 3.05) is 32.8 Å². The molecule has 4 heteroatoms. The fourth-order valence-corrected chi connectivity index (χ4v) is 2.37. The first-order valence-corrected chi connectivity index (χ1v) is 6.35. The zero-order valence-corrected chi connectivity index (χ0v) is 10.6. The van der Waals surface area contributed by atoms with E-state index >= 15 is 0 Å². The summed E-state index contributed by atoms with van der Waals surface area (Å²) < 4.78 is 5.73. The van der Waals surface area contributed by atoms with E-state index in [-0.39, 0.29) is 12.7 Å². The number of halogens is 1. The standard InChI is InChI=1S/C13H18ClNO2/c14-13-4-2-1-3-11(13)9-12-10-15(5-7-16)6-8-17-12/h1-4,12,16H,5-10H2. The van der Waals surface area contributed by atoms with Crippen LogP contribution in [0.1, 0.15) is 5.56 Å². The maximum Gasteiger partial charge on any atom is 0.0743 e. The van der Waals surface area contributed by atoms with Crippen molar-refractivity contribution in [1.82, 2.24) is 4.90 Å². The monoisotopic (exact) mass is 255 g/mol. The number of benzene rings is 1. The first-order valence-electron chi connectivity index (χ1n) is 5.98. The van der Waals surface area contributed by atoms with E-state index in [1.54, 1.807) is 0 Å². The summed E-state index contributed by atoms with van der Waals surface area (Å²) in [4.78, 5) is 2.23. The highest BCUT2D eigenvalue weighted by atomic mass is 35.5. The van der Waals surface area contributed by atoms with Gasteiger partial charge in [-0.3, -0.25) is 4.90 Å². The number of hydrogen-bond acceptors (Lipinski definition) is 3. The minimum atomic E-state index is 0.176. The zero-order valence-electron chi connectivity index (χ0n) is 9.81. The minimum Gasteiger partial charge on any atom is -0.395 e. The van der Waals surface area contributed by atoms with E-state index in [2.05, 4.69) is 4.90 Å². The predicted octanol–water partition coefficient (Wildman–Crippen LogP) is 1.58. The Labute approximate surface area is 107 Å². The molecule has 94 valence electrons. The molecule has 0 spiro atoms. The molecule has 0 bridgehead atoms. The summed E-state index contributed by atoms with van der Waals surface area (Å²) in [6.07, 6.45) is 1.01. The first-order chi connectivity index (χ1) is 8.29.